The highest BCUT2D eigenvalue weighted by atomic mass is 127. The molecule has 1 fully saturated rings. The first-order valence-electron chi connectivity index (χ1n) is 9.51. The Balaban J connectivity index is 0.00000392. The summed E-state index contributed by atoms with van der Waals surface area (Å²) in [5.41, 5.74) is 1.06. The van der Waals surface area contributed by atoms with E-state index in [0.29, 0.717) is 25.6 Å². The maximum atomic E-state index is 12.4. The predicted molar refractivity (Wildman–Crippen MR) is 120 cm³/mol. The molecule has 0 radical (unpaired) electrons. The van der Waals surface area contributed by atoms with Crippen LogP contribution in [0.4, 0.5) is 13.2 Å². The molecule has 0 bridgehead atoms. The minimum absolute atomic E-state index is 0. The summed E-state index contributed by atoms with van der Waals surface area (Å²) in [6.45, 7) is 8.44. The summed E-state index contributed by atoms with van der Waals surface area (Å²) in [6.07, 6.45) is -1.51. The van der Waals surface area contributed by atoms with E-state index in [1.165, 1.54) is 9.78 Å². The molecule has 1 aromatic rings. The number of guanidine groups is 1. The Hall–Kier alpha value is -0.620. The fourth-order valence-electron chi connectivity index (χ4n) is 3.18. The van der Waals surface area contributed by atoms with Crippen LogP contribution in [0.15, 0.2) is 4.99 Å². The molecule has 1 saturated heterocycles. The van der Waals surface area contributed by atoms with E-state index in [0.717, 1.165) is 49.0 Å². The SMILES string of the molecule is CCNC(=NCc1nc(C)c(C)s1)NCCC1CCN(CC(F)(F)F)CC1.I. The molecule has 0 atom stereocenters. The van der Waals surface area contributed by atoms with E-state index in [1.54, 1.807) is 11.3 Å². The van der Waals surface area contributed by atoms with Gasteiger partial charge in [0, 0.05) is 18.0 Å². The van der Waals surface area contributed by atoms with Crippen molar-refractivity contribution >= 4 is 41.3 Å². The van der Waals surface area contributed by atoms with Crippen molar-refractivity contribution in [1.82, 2.24) is 20.5 Å². The standard InChI is InChI=1S/C18H30F3N5S.HI/c1-4-22-17(24-11-16-25-13(2)14(3)27-16)23-8-5-15-6-9-26(10-7-15)12-18(19,20)21;/h15H,4-12H2,1-3H3,(H2,22,23,24);1H. The minimum Gasteiger partial charge on any atom is -0.357 e. The molecule has 2 N–H and O–H groups in total. The van der Waals surface area contributed by atoms with Crippen molar-refractivity contribution < 1.29 is 13.2 Å². The number of alkyl halides is 3. The zero-order chi connectivity index (χ0) is 19.9. The van der Waals surface area contributed by atoms with Crippen LogP contribution in [0.1, 0.15) is 41.8 Å². The molecule has 0 saturated carbocycles. The van der Waals surface area contributed by atoms with Crippen LogP contribution >= 0.6 is 35.3 Å². The van der Waals surface area contributed by atoms with Gasteiger partial charge in [-0.15, -0.1) is 35.3 Å². The lowest BCUT2D eigenvalue weighted by Crippen LogP contribution is -2.41. The van der Waals surface area contributed by atoms with Gasteiger partial charge in [0.15, 0.2) is 5.96 Å². The summed E-state index contributed by atoms with van der Waals surface area (Å²) < 4.78 is 37.3. The number of aliphatic imine (C=N–C) groups is 1. The smallest absolute Gasteiger partial charge is 0.357 e. The number of hydrogen-bond donors (Lipinski definition) is 2. The highest BCUT2D eigenvalue weighted by Crippen LogP contribution is 2.24. The average molecular weight is 533 g/mol. The van der Waals surface area contributed by atoms with Crippen LogP contribution in [0, 0.1) is 19.8 Å². The first-order valence-corrected chi connectivity index (χ1v) is 10.3. The number of hydrogen-bond acceptors (Lipinski definition) is 4. The summed E-state index contributed by atoms with van der Waals surface area (Å²) in [6, 6.07) is 0. The van der Waals surface area contributed by atoms with E-state index in [-0.39, 0.29) is 24.0 Å². The molecule has 162 valence electrons. The van der Waals surface area contributed by atoms with Crippen LogP contribution in [0.25, 0.3) is 0 Å². The summed E-state index contributed by atoms with van der Waals surface area (Å²) in [5, 5.41) is 7.56. The van der Waals surface area contributed by atoms with Crippen LogP contribution in [0.3, 0.4) is 0 Å². The van der Waals surface area contributed by atoms with Crippen molar-refractivity contribution in [2.75, 3.05) is 32.7 Å². The third kappa shape index (κ3) is 9.25. The molecule has 1 aliphatic rings. The van der Waals surface area contributed by atoms with Crippen LogP contribution in [-0.4, -0.2) is 54.7 Å². The molecule has 2 rings (SSSR count). The first kappa shape index (κ1) is 25.4. The van der Waals surface area contributed by atoms with Crippen LogP contribution in [0.5, 0.6) is 0 Å². The van der Waals surface area contributed by atoms with Gasteiger partial charge in [-0.25, -0.2) is 9.98 Å². The third-order valence-corrected chi connectivity index (χ3v) is 5.80. The predicted octanol–water partition coefficient (Wildman–Crippen LogP) is 4.10. The van der Waals surface area contributed by atoms with Gasteiger partial charge in [0.25, 0.3) is 0 Å². The highest BCUT2D eigenvalue weighted by Gasteiger charge is 2.32. The fourth-order valence-corrected chi connectivity index (χ4v) is 4.04. The number of thiazole rings is 1. The Morgan fingerprint density at radius 1 is 1.25 bits per heavy atom. The lowest BCUT2D eigenvalue weighted by Gasteiger charge is -2.32. The largest absolute Gasteiger partial charge is 0.401 e. The lowest BCUT2D eigenvalue weighted by atomic mass is 9.93. The van der Waals surface area contributed by atoms with E-state index in [4.69, 9.17) is 0 Å². The molecule has 10 heteroatoms. The molecule has 1 aromatic heterocycles. The summed E-state index contributed by atoms with van der Waals surface area (Å²) in [7, 11) is 0. The second kappa shape index (κ2) is 12.2. The lowest BCUT2D eigenvalue weighted by molar-refractivity contribution is -0.148. The van der Waals surface area contributed by atoms with Gasteiger partial charge in [0.2, 0.25) is 0 Å². The Kier molecular flexibility index (Phi) is 11.0. The van der Waals surface area contributed by atoms with Crippen molar-refractivity contribution in [2.24, 2.45) is 10.9 Å². The molecule has 0 amide bonds. The third-order valence-electron chi connectivity index (χ3n) is 4.74. The van der Waals surface area contributed by atoms with Crippen molar-refractivity contribution in [3.63, 3.8) is 0 Å². The van der Waals surface area contributed by atoms with Crippen molar-refractivity contribution in [3.05, 3.63) is 15.6 Å². The number of nitrogens with zero attached hydrogens (tertiary/aromatic N) is 3. The number of aryl methyl sites for hydroxylation is 2. The van der Waals surface area contributed by atoms with Crippen LogP contribution in [0.2, 0.25) is 0 Å². The highest BCUT2D eigenvalue weighted by molar-refractivity contribution is 14.0. The van der Waals surface area contributed by atoms with Crippen molar-refractivity contribution in [3.8, 4) is 0 Å². The molecule has 28 heavy (non-hydrogen) atoms. The van der Waals surface area contributed by atoms with Gasteiger partial charge in [0.1, 0.15) is 5.01 Å². The normalized spacial score (nSPS) is 16.7. The Labute approximate surface area is 186 Å². The van der Waals surface area contributed by atoms with Crippen molar-refractivity contribution in [1.29, 1.82) is 0 Å². The van der Waals surface area contributed by atoms with Crippen LogP contribution < -0.4 is 10.6 Å². The maximum Gasteiger partial charge on any atom is 0.401 e. The Morgan fingerprint density at radius 3 is 2.46 bits per heavy atom. The molecule has 0 spiro atoms. The second-order valence-electron chi connectivity index (χ2n) is 6.99. The summed E-state index contributed by atoms with van der Waals surface area (Å²) in [4.78, 5) is 11.8. The molecular weight excluding hydrogens is 502 g/mol. The number of likely N-dealkylation sites (tertiary alicyclic amines) is 1. The molecular formula is C18H31F3IN5S. The number of aromatic nitrogens is 1. The molecule has 1 aliphatic heterocycles. The zero-order valence-electron chi connectivity index (χ0n) is 16.7. The number of piperidine rings is 1. The molecule has 0 aromatic carbocycles. The fraction of sp³-hybridized carbons (Fsp3) is 0.778. The number of halogens is 4. The molecule has 2 heterocycles. The van der Waals surface area contributed by atoms with E-state index in [1.807, 2.05) is 13.8 Å². The number of nitrogens with one attached hydrogen (secondary N) is 2. The Morgan fingerprint density at radius 2 is 1.93 bits per heavy atom. The topological polar surface area (TPSA) is 52.6 Å². The summed E-state index contributed by atoms with van der Waals surface area (Å²) >= 11 is 1.67. The van der Waals surface area contributed by atoms with Gasteiger partial charge in [-0.2, -0.15) is 13.2 Å². The maximum absolute atomic E-state index is 12.4. The van der Waals surface area contributed by atoms with Gasteiger partial charge >= 0.3 is 6.18 Å². The monoisotopic (exact) mass is 533 g/mol. The molecule has 5 nitrogen and oxygen atoms in total. The van der Waals surface area contributed by atoms with E-state index >= 15 is 0 Å². The van der Waals surface area contributed by atoms with E-state index in [2.05, 4.69) is 27.5 Å². The van der Waals surface area contributed by atoms with E-state index < -0.39 is 12.7 Å². The zero-order valence-corrected chi connectivity index (χ0v) is 19.9. The minimum atomic E-state index is -4.10. The van der Waals surface area contributed by atoms with Gasteiger partial charge in [-0.1, -0.05) is 0 Å². The van der Waals surface area contributed by atoms with E-state index in [9.17, 15) is 13.2 Å². The van der Waals surface area contributed by atoms with Crippen molar-refractivity contribution in [2.45, 2.75) is 52.8 Å². The Bertz CT molecular complexity index is 593. The molecule has 0 aliphatic carbocycles. The quantitative estimate of drug-likeness (QED) is 0.315. The second-order valence-corrected chi connectivity index (χ2v) is 8.28. The molecule has 0 unspecified atom stereocenters. The summed E-state index contributed by atoms with van der Waals surface area (Å²) in [5.74, 6) is 1.23. The average Bonchev–Trinajstić information content (AvgIpc) is 2.91. The first-order chi connectivity index (χ1) is 12.8. The van der Waals surface area contributed by atoms with Gasteiger partial charge in [0.05, 0.1) is 18.8 Å². The van der Waals surface area contributed by atoms with Gasteiger partial charge in [-0.05, 0) is 59.0 Å². The number of rotatable bonds is 7. The van der Waals surface area contributed by atoms with Gasteiger partial charge < -0.3 is 10.6 Å². The van der Waals surface area contributed by atoms with Crippen LogP contribution in [-0.2, 0) is 6.54 Å². The van der Waals surface area contributed by atoms with Gasteiger partial charge in [-0.3, -0.25) is 4.90 Å².